The van der Waals surface area contributed by atoms with Crippen molar-refractivity contribution in [1.29, 1.82) is 0 Å². The number of carbonyl (C=O) groups excluding carboxylic acids is 1. The predicted octanol–water partition coefficient (Wildman–Crippen LogP) is 5.49. The quantitative estimate of drug-likeness (QED) is 0.458. The molecule has 2 atom stereocenters. The molecule has 0 unspecified atom stereocenters. The number of amides is 1. The third-order valence-electron chi connectivity index (χ3n) is 7.20. The molecule has 0 radical (unpaired) electrons. The summed E-state index contributed by atoms with van der Waals surface area (Å²) in [7, 11) is 0. The Morgan fingerprint density at radius 1 is 0.971 bits per heavy atom. The number of benzene rings is 3. The van der Waals surface area contributed by atoms with Crippen molar-refractivity contribution in [3.63, 3.8) is 0 Å². The van der Waals surface area contributed by atoms with E-state index in [0.717, 1.165) is 43.2 Å². The van der Waals surface area contributed by atoms with Crippen molar-refractivity contribution in [2.75, 3.05) is 26.4 Å². The van der Waals surface area contributed by atoms with Crippen LogP contribution >= 0.6 is 0 Å². The summed E-state index contributed by atoms with van der Waals surface area (Å²) in [4.78, 5) is 18.0. The van der Waals surface area contributed by atoms with E-state index < -0.39 is 0 Å². The number of aryl methyl sites for hydroxylation is 1. The first-order valence-electron chi connectivity index (χ1n) is 12.5. The fraction of sp³-hybridized carbons (Fsp3) is 0.367. The molecule has 0 bridgehead atoms. The standard InChI is InChI=1S/C30H34N2O3/c1-21(2)32(30(33)25-7-5-4-6-8-25)18-26-17-31(19-27(26)24-12-9-22(3)10-13-24)16-23-11-14-28-29(15-23)35-20-34-28/h4-15,21,26-27H,16-20H2,1-3H3/t26-,27-/m0/s1. The van der Waals surface area contributed by atoms with Gasteiger partial charge in [-0.15, -0.1) is 0 Å². The van der Waals surface area contributed by atoms with Gasteiger partial charge in [-0.2, -0.15) is 0 Å². The van der Waals surface area contributed by atoms with Crippen LogP contribution in [0.25, 0.3) is 0 Å². The van der Waals surface area contributed by atoms with E-state index in [2.05, 4.69) is 62.1 Å². The molecule has 0 aromatic heterocycles. The molecule has 5 nitrogen and oxygen atoms in total. The molecule has 3 aromatic carbocycles. The number of carbonyl (C=O) groups is 1. The molecule has 0 saturated carbocycles. The van der Waals surface area contributed by atoms with Gasteiger partial charge in [0, 0.05) is 43.7 Å². The molecule has 1 fully saturated rings. The predicted molar refractivity (Wildman–Crippen MR) is 138 cm³/mol. The third-order valence-corrected chi connectivity index (χ3v) is 7.20. The van der Waals surface area contributed by atoms with Crippen LogP contribution in [0.3, 0.4) is 0 Å². The molecule has 5 rings (SSSR count). The molecule has 35 heavy (non-hydrogen) atoms. The summed E-state index contributed by atoms with van der Waals surface area (Å²) in [5.74, 6) is 2.47. The molecule has 0 aliphatic carbocycles. The molecule has 5 heteroatoms. The maximum absolute atomic E-state index is 13.4. The van der Waals surface area contributed by atoms with Crippen LogP contribution in [0, 0.1) is 12.8 Å². The van der Waals surface area contributed by atoms with E-state index in [-0.39, 0.29) is 11.9 Å². The summed E-state index contributed by atoms with van der Waals surface area (Å²) in [6.07, 6.45) is 0. The Kier molecular flexibility index (Phi) is 6.78. The molecule has 2 aliphatic heterocycles. The van der Waals surface area contributed by atoms with Gasteiger partial charge in [-0.3, -0.25) is 9.69 Å². The third kappa shape index (κ3) is 5.20. The van der Waals surface area contributed by atoms with Crippen molar-refractivity contribution in [2.24, 2.45) is 5.92 Å². The van der Waals surface area contributed by atoms with E-state index in [0.29, 0.717) is 18.6 Å². The first-order chi connectivity index (χ1) is 17.0. The van der Waals surface area contributed by atoms with Gasteiger partial charge in [0.25, 0.3) is 5.91 Å². The highest BCUT2D eigenvalue weighted by molar-refractivity contribution is 5.94. The van der Waals surface area contributed by atoms with Gasteiger partial charge < -0.3 is 14.4 Å². The fourth-order valence-electron chi connectivity index (χ4n) is 5.29. The van der Waals surface area contributed by atoms with Crippen molar-refractivity contribution in [3.8, 4) is 11.5 Å². The number of hydrogen-bond donors (Lipinski definition) is 0. The van der Waals surface area contributed by atoms with Gasteiger partial charge in [0.1, 0.15) is 0 Å². The number of rotatable bonds is 7. The van der Waals surface area contributed by atoms with Crippen molar-refractivity contribution in [3.05, 3.63) is 95.1 Å². The number of hydrogen-bond acceptors (Lipinski definition) is 4. The second-order valence-corrected chi connectivity index (χ2v) is 10.1. The zero-order chi connectivity index (χ0) is 24.4. The second-order valence-electron chi connectivity index (χ2n) is 10.1. The van der Waals surface area contributed by atoms with E-state index in [1.165, 1.54) is 16.7 Å². The normalized spacial score (nSPS) is 19.3. The lowest BCUT2D eigenvalue weighted by atomic mass is 9.88. The average Bonchev–Trinajstić information content (AvgIpc) is 3.49. The van der Waals surface area contributed by atoms with Gasteiger partial charge >= 0.3 is 0 Å². The fourth-order valence-corrected chi connectivity index (χ4v) is 5.29. The average molecular weight is 471 g/mol. The van der Waals surface area contributed by atoms with Crippen molar-refractivity contribution >= 4 is 5.91 Å². The Bertz CT molecular complexity index is 1160. The minimum Gasteiger partial charge on any atom is -0.454 e. The van der Waals surface area contributed by atoms with Crippen LogP contribution < -0.4 is 9.47 Å². The lowest BCUT2D eigenvalue weighted by Crippen LogP contribution is -2.42. The minimum atomic E-state index is 0.109. The molecule has 2 aliphatic rings. The first kappa shape index (κ1) is 23.4. The number of fused-ring (bicyclic) bond motifs is 1. The van der Waals surface area contributed by atoms with Crippen LogP contribution in [0.4, 0.5) is 0 Å². The molecular formula is C30H34N2O3. The maximum Gasteiger partial charge on any atom is 0.254 e. The van der Waals surface area contributed by atoms with Gasteiger partial charge in [0.05, 0.1) is 0 Å². The SMILES string of the molecule is Cc1ccc([C@@H]2CN(Cc3ccc4c(c3)OCO4)C[C@H]2CN(C(=O)c2ccccc2)C(C)C)cc1. The van der Waals surface area contributed by atoms with Crippen molar-refractivity contribution < 1.29 is 14.3 Å². The summed E-state index contributed by atoms with van der Waals surface area (Å²) >= 11 is 0. The van der Waals surface area contributed by atoms with E-state index in [9.17, 15) is 4.79 Å². The maximum atomic E-state index is 13.4. The van der Waals surface area contributed by atoms with Gasteiger partial charge in [0.15, 0.2) is 11.5 Å². The monoisotopic (exact) mass is 470 g/mol. The summed E-state index contributed by atoms with van der Waals surface area (Å²) in [5, 5.41) is 0. The van der Waals surface area contributed by atoms with Crippen LogP contribution in [0.5, 0.6) is 11.5 Å². The number of ether oxygens (including phenoxy) is 2. The smallest absolute Gasteiger partial charge is 0.254 e. The van der Waals surface area contributed by atoms with Crippen molar-refractivity contribution in [2.45, 2.75) is 39.3 Å². The summed E-state index contributed by atoms with van der Waals surface area (Å²) in [6.45, 7) is 10.1. The zero-order valence-corrected chi connectivity index (χ0v) is 20.8. The Balaban J connectivity index is 1.37. The van der Waals surface area contributed by atoms with E-state index in [4.69, 9.17) is 9.47 Å². The molecule has 182 valence electrons. The van der Waals surface area contributed by atoms with E-state index in [1.54, 1.807) is 0 Å². The van der Waals surface area contributed by atoms with E-state index in [1.807, 2.05) is 41.3 Å². The highest BCUT2D eigenvalue weighted by Crippen LogP contribution is 2.37. The topological polar surface area (TPSA) is 42.0 Å². The van der Waals surface area contributed by atoms with Gasteiger partial charge in [-0.25, -0.2) is 0 Å². The molecule has 0 spiro atoms. The van der Waals surface area contributed by atoms with Crippen LogP contribution in [-0.2, 0) is 6.54 Å². The van der Waals surface area contributed by atoms with Crippen LogP contribution in [-0.4, -0.2) is 48.2 Å². The Morgan fingerprint density at radius 2 is 1.71 bits per heavy atom. The van der Waals surface area contributed by atoms with E-state index >= 15 is 0 Å². The Labute approximate surface area is 208 Å². The highest BCUT2D eigenvalue weighted by Gasteiger charge is 2.36. The Morgan fingerprint density at radius 3 is 2.46 bits per heavy atom. The second kappa shape index (κ2) is 10.1. The number of likely N-dealkylation sites (tertiary alicyclic amines) is 1. The molecule has 1 amide bonds. The highest BCUT2D eigenvalue weighted by atomic mass is 16.7. The molecule has 0 N–H and O–H groups in total. The first-order valence-corrected chi connectivity index (χ1v) is 12.5. The number of nitrogens with zero attached hydrogens (tertiary/aromatic N) is 2. The van der Waals surface area contributed by atoms with Gasteiger partial charge in [0.2, 0.25) is 6.79 Å². The molecule has 1 saturated heterocycles. The minimum absolute atomic E-state index is 0.109. The van der Waals surface area contributed by atoms with Crippen LogP contribution in [0.1, 0.15) is 46.8 Å². The molecule has 2 heterocycles. The van der Waals surface area contributed by atoms with Gasteiger partial charge in [-0.05, 0) is 62.1 Å². The molecular weight excluding hydrogens is 436 g/mol. The lowest BCUT2D eigenvalue weighted by molar-refractivity contribution is 0.0668. The molecule has 3 aromatic rings. The lowest BCUT2D eigenvalue weighted by Gasteiger charge is -2.32. The van der Waals surface area contributed by atoms with Gasteiger partial charge in [-0.1, -0.05) is 54.1 Å². The largest absolute Gasteiger partial charge is 0.454 e. The summed E-state index contributed by atoms with van der Waals surface area (Å²) in [6, 6.07) is 24.9. The summed E-state index contributed by atoms with van der Waals surface area (Å²) in [5.41, 5.74) is 4.59. The zero-order valence-electron chi connectivity index (χ0n) is 20.8. The van der Waals surface area contributed by atoms with Crippen molar-refractivity contribution in [1.82, 2.24) is 9.80 Å². The Hall–Kier alpha value is -3.31. The van der Waals surface area contributed by atoms with Crippen LogP contribution in [0.2, 0.25) is 0 Å². The summed E-state index contributed by atoms with van der Waals surface area (Å²) < 4.78 is 11.1. The van der Waals surface area contributed by atoms with Crippen LogP contribution in [0.15, 0.2) is 72.8 Å².